The molecule has 1 amide bonds. The Balaban J connectivity index is 1.91. The standard InChI is InChI=1S/C18H16N2O3/c1-23-15-10-9-14(13-8-5-11-19-16(13)15)20-18(22)17(21)12-6-3-2-4-7-12/h2-11,17,21H,1H3,(H,20,22). The minimum absolute atomic E-state index is 0.494. The first-order valence-electron chi connectivity index (χ1n) is 7.16. The molecule has 0 saturated carbocycles. The van der Waals surface area contributed by atoms with E-state index in [-0.39, 0.29) is 0 Å². The van der Waals surface area contributed by atoms with E-state index in [2.05, 4.69) is 10.3 Å². The van der Waals surface area contributed by atoms with Gasteiger partial charge in [0.25, 0.3) is 5.91 Å². The fourth-order valence-electron chi connectivity index (χ4n) is 2.41. The Hall–Kier alpha value is -2.92. The number of hydrogen-bond acceptors (Lipinski definition) is 4. The van der Waals surface area contributed by atoms with Crippen molar-refractivity contribution in [3.8, 4) is 5.75 Å². The van der Waals surface area contributed by atoms with Crippen molar-refractivity contribution in [3.05, 3.63) is 66.4 Å². The van der Waals surface area contributed by atoms with Crippen LogP contribution in [0.5, 0.6) is 5.75 Å². The monoisotopic (exact) mass is 308 g/mol. The Morgan fingerprint density at radius 1 is 1.13 bits per heavy atom. The molecule has 0 aliphatic rings. The number of carbonyl (C=O) groups excluding carboxylic acids is 1. The number of aromatic nitrogens is 1. The van der Waals surface area contributed by atoms with Gasteiger partial charge in [-0.2, -0.15) is 0 Å². The number of methoxy groups -OCH3 is 1. The van der Waals surface area contributed by atoms with Crippen LogP contribution in [0.4, 0.5) is 5.69 Å². The summed E-state index contributed by atoms with van der Waals surface area (Å²) in [5.41, 5.74) is 1.77. The molecule has 0 aliphatic carbocycles. The molecule has 0 aliphatic heterocycles. The Morgan fingerprint density at radius 2 is 1.91 bits per heavy atom. The van der Waals surface area contributed by atoms with Crippen molar-refractivity contribution in [2.24, 2.45) is 0 Å². The van der Waals surface area contributed by atoms with E-state index in [4.69, 9.17) is 4.74 Å². The maximum atomic E-state index is 12.3. The number of ether oxygens (including phenoxy) is 1. The van der Waals surface area contributed by atoms with Gasteiger partial charge in [-0.3, -0.25) is 9.78 Å². The summed E-state index contributed by atoms with van der Waals surface area (Å²) in [5.74, 6) is 0.133. The van der Waals surface area contributed by atoms with Gasteiger partial charge in [-0.05, 0) is 29.8 Å². The number of rotatable bonds is 4. The van der Waals surface area contributed by atoms with Gasteiger partial charge in [0.05, 0.1) is 12.8 Å². The van der Waals surface area contributed by atoms with Crippen LogP contribution in [0.3, 0.4) is 0 Å². The molecule has 2 N–H and O–H groups in total. The number of carbonyl (C=O) groups is 1. The molecule has 0 fully saturated rings. The highest BCUT2D eigenvalue weighted by Gasteiger charge is 2.18. The molecular weight excluding hydrogens is 292 g/mol. The molecule has 0 saturated heterocycles. The topological polar surface area (TPSA) is 71.5 Å². The zero-order valence-corrected chi connectivity index (χ0v) is 12.6. The summed E-state index contributed by atoms with van der Waals surface area (Å²) in [6.45, 7) is 0. The summed E-state index contributed by atoms with van der Waals surface area (Å²) in [6, 6.07) is 15.9. The molecule has 1 unspecified atom stereocenters. The minimum atomic E-state index is -1.23. The van der Waals surface area contributed by atoms with Crippen LogP contribution in [-0.4, -0.2) is 23.1 Å². The fourth-order valence-corrected chi connectivity index (χ4v) is 2.41. The summed E-state index contributed by atoms with van der Waals surface area (Å²) in [4.78, 5) is 16.6. The van der Waals surface area contributed by atoms with Gasteiger partial charge in [-0.25, -0.2) is 0 Å². The Kier molecular flexibility index (Phi) is 4.21. The number of benzene rings is 2. The molecule has 116 valence electrons. The summed E-state index contributed by atoms with van der Waals surface area (Å²) < 4.78 is 5.28. The molecule has 3 rings (SSSR count). The number of fused-ring (bicyclic) bond motifs is 1. The van der Waals surface area contributed by atoms with Gasteiger partial charge in [0, 0.05) is 11.6 Å². The lowest BCUT2D eigenvalue weighted by molar-refractivity contribution is -0.124. The van der Waals surface area contributed by atoms with Crippen LogP contribution < -0.4 is 10.1 Å². The van der Waals surface area contributed by atoms with E-state index in [9.17, 15) is 9.90 Å². The van der Waals surface area contributed by atoms with Crippen molar-refractivity contribution in [1.29, 1.82) is 0 Å². The normalized spacial score (nSPS) is 11.9. The van der Waals surface area contributed by atoms with Gasteiger partial charge in [0.2, 0.25) is 0 Å². The first-order valence-corrected chi connectivity index (χ1v) is 7.16. The van der Waals surface area contributed by atoms with Crippen molar-refractivity contribution in [3.63, 3.8) is 0 Å². The molecule has 5 heteroatoms. The van der Waals surface area contributed by atoms with Gasteiger partial charge in [0.1, 0.15) is 11.3 Å². The number of hydrogen-bond donors (Lipinski definition) is 2. The lowest BCUT2D eigenvalue weighted by atomic mass is 10.1. The van der Waals surface area contributed by atoms with Crippen LogP contribution in [0.25, 0.3) is 10.9 Å². The van der Waals surface area contributed by atoms with Crippen LogP contribution in [0, 0.1) is 0 Å². The zero-order chi connectivity index (χ0) is 16.2. The van der Waals surface area contributed by atoms with E-state index in [1.807, 2.05) is 12.1 Å². The third kappa shape index (κ3) is 3.00. The van der Waals surface area contributed by atoms with Crippen LogP contribution in [0.1, 0.15) is 11.7 Å². The lowest BCUT2D eigenvalue weighted by Gasteiger charge is -2.14. The summed E-state index contributed by atoms with van der Waals surface area (Å²) >= 11 is 0. The number of anilines is 1. The maximum absolute atomic E-state index is 12.3. The van der Waals surface area contributed by atoms with Crippen LogP contribution in [0.2, 0.25) is 0 Å². The van der Waals surface area contributed by atoms with E-state index < -0.39 is 12.0 Å². The molecular formula is C18H16N2O3. The molecule has 3 aromatic rings. The molecule has 23 heavy (non-hydrogen) atoms. The summed E-state index contributed by atoms with van der Waals surface area (Å²) in [7, 11) is 1.57. The number of nitrogens with zero attached hydrogens (tertiary/aromatic N) is 1. The SMILES string of the molecule is COc1ccc(NC(=O)C(O)c2ccccc2)c2cccnc12. The second kappa shape index (κ2) is 6.46. The highest BCUT2D eigenvalue weighted by molar-refractivity contribution is 6.04. The van der Waals surface area contributed by atoms with Gasteiger partial charge in [0.15, 0.2) is 6.10 Å². The lowest BCUT2D eigenvalue weighted by Crippen LogP contribution is -2.20. The van der Waals surface area contributed by atoms with E-state index in [1.54, 1.807) is 55.8 Å². The average molecular weight is 308 g/mol. The number of amides is 1. The van der Waals surface area contributed by atoms with E-state index in [0.717, 1.165) is 5.39 Å². The van der Waals surface area contributed by atoms with Crippen LogP contribution in [0.15, 0.2) is 60.8 Å². The van der Waals surface area contributed by atoms with Crippen molar-refractivity contribution in [2.75, 3.05) is 12.4 Å². The Labute approximate surface area is 133 Å². The summed E-state index contributed by atoms with van der Waals surface area (Å²) in [5, 5.41) is 13.7. The molecule has 0 bridgehead atoms. The van der Waals surface area contributed by atoms with Gasteiger partial charge in [-0.15, -0.1) is 0 Å². The zero-order valence-electron chi connectivity index (χ0n) is 12.6. The van der Waals surface area contributed by atoms with Gasteiger partial charge < -0.3 is 15.2 Å². The second-order valence-corrected chi connectivity index (χ2v) is 5.02. The molecule has 1 aromatic heterocycles. The molecule has 1 heterocycles. The fraction of sp³-hybridized carbons (Fsp3) is 0.111. The average Bonchev–Trinajstić information content (AvgIpc) is 2.62. The molecule has 2 aromatic carbocycles. The predicted molar refractivity (Wildman–Crippen MR) is 88.3 cm³/mol. The molecule has 1 atom stereocenters. The first kappa shape index (κ1) is 15.0. The van der Waals surface area contributed by atoms with Crippen molar-refractivity contribution in [2.45, 2.75) is 6.10 Å². The first-order chi connectivity index (χ1) is 11.2. The van der Waals surface area contributed by atoms with Crippen molar-refractivity contribution < 1.29 is 14.6 Å². The highest BCUT2D eigenvalue weighted by Crippen LogP contribution is 2.30. The van der Waals surface area contributed by atoms with Crippen molar-refractivity contribution in [1.82, 2.24) is 4.98 Å². The van der Waals surface area contributed by atoms with Gasteiger partial charge >= 0.3 is 0 Å². The Bertz CT molecular complexity index is 834. The van der Waals surface area contributed by atoms with E-state index >= 15 is 0 Å². The smallest absolute Gasteiger partial charge is 0.257 e. The predicted octanol–water partition coefficient (Wildman–Crippen LogP) is 2.92. The number of nitrogens with one attached hydrogen (secondary N) is 1. The number of pyridine rings is 1. The van der Waals surface area contributed by atoms with Crippen molar-refractivity contribution >= 4 is 22.5 Å². The van der Waals surface area contributed by atoms with E-state index in [1.165, 1.54) is 0 Å². The Morgan fingerprint density at radius 3 is 2.65 bits per heavy atom. The molecule has 5 nitrogen and oxygen atoms in total. The van der Waals surface area contributed by atoms with E-state index in [0.29, 0.717) is 22.5 Å². The second-order valence-electron chi connectivity index (χ2n) is 5.02. The largest absolute Gasteiger partial charge is 0.494 e. The third-order valence-electron chi connectivity index (χ3n) is 3.57. The molecule has 0 spiro atoms. The highest BCUT2D eigenvalue weighted by atomic mass is 16.5. The third-order valence-corrected chi connectivity index (χ3v) is 3.57. The number of aliphatic hydroxyl groups is 1. The quantitative estimate of drug-likeness (QED) is 0.777. The maximum Gasteiger partial charge on any atom is 0.257 e. The minimum Gasteiger partial charge on any atom is -0.494 e. The summed E-state index contributed by atoms with van der Waals surface area (Å²) in [6.07, 6.45) is 0.431. The number of aliphatic hydroxyl groups excluding tert-OH is 1. The molecule has 0 radical (unpaired) electrons. The van der Waals surface area contributed by atoms with Crippen LogP contribution in [-0.2, 0) is 4.79 Å². The van der Waals surface area contributed by atoms with Gasteiger partial charge in [-0.1, -0.05) is 30.3 Å². The van der Waals surface area contributed by atoms with Crippen LogP contribution >= 0.6 is 0 Å².